The van der Waals surface area contributed by atoms with Gasteiger partial charge < -0.3 is 29.0 Å². The van der Waals surface area contributed by atoms with E-state index in [1.165, 1.54) is 42.6 Å². The summed E-state index contributed by atoms with van der Waals surface area (Å²) in [5.74, 6) is 1.27. The molecular weight excluding hydrogens is 404 g/mol. The third-order valence-corrected chi connectivity index (χ3v) is 4.89. The molecule has 1 aliphatic heterocycles. The lowest BCUT2D eigenvalue weighted by Gasteiger charge is -2.16. The normalized spacial score (nSPS) is 13.4. The molecule has 1 heterocycles. The maximum Gasteiger partial charge on any atom is 0.277 e. The molecule has 9 nitrogen and oxygen atoms in total. The highest BCUT2D eigenvalue weighted by atomic mass is 16.5. The lowest BCUT2D eigenvalue weighted by molar-refractivity contribution is -0.135. The summed E-state index contributed by atoms with van der Waals surface area (Å²) in [6, 6.07) is 8.31. The molecule has 2 aromatic rings. The number of nitrogens with one attached hydrogen (secondary N) is 1. The highest BCUT2D eigenvalue weighted by Crippen LogP contribution is 2.41. The minimum atomic E-state index is -0.469. The molecule has 0 unspecified atom stereocenters. The zero-order valence-electron chi connectivity index (χ0n) is 18.2. The summed E-state index contributed by atoms with van der Waals surface area (Å²) in [4.78, 5) is 26.8. The number of rotatable bonds is 8. The molecule has 164 valence electrons. The average Bonchev–Trinajstić information content (AvgIpc) is 3.01. The molecule has 2 amide bonds. The van der Waals surface area contributed by atoms with Crippen molar-refractivity contribution >= 4 is 23.1 Å². The summed E-state index contributed by atoms with van der Waals surface area (Å²) in [5, 5.41) is 3.05. The van der Waals surface area contributed by atoms with E-state index >= 15 is 0 Å². The second-order valence-electron chi connectivity index (χ2n) is 6.53. The molecule has 0 fully saturated rings. The molecule has 0 saturated carbocycles. The molecule has 31 heavy (non-hydrogen) atoms. The minimum Gasteiger partial charge on any atom is -0.493 e. The van der Waals surface area contributed by atoms with E-state index in [1.54, 1.807) is 30.3 Å². The summed E-state index contributed by atoms with van der Waals surface area (Å²) >= 11 is 0. The first kappa shape index (κ1) is 21.8. The third kappa shape index (κ3) is 3.81. The number of anilines is 1. The average molecular weight is 428 g/mol. The molecular formula is C22H24N2O7. The van der Waals surface area contributed by atoms with Gasteiger partial charge in [-0.05, 0) is 17.7 Å². The molecule has 0 aromatic heterocycles. The number of hydrogen-bond donors (Lipinski definition) is 1. The fourth-order valence-corrected chi connectivity index (χ4v) is 3.31. The monoisotopic (exact) mass is 428 g/mol. The summed E-state index contributed by atoms with van der Waals surface area (Å²) in [6.07, 6.45) is 0. The van der Waals surface area contributed by atoms with Gasteiger partial charge in [0.1, 0.15) is 5.70 Å². The van der Waals surface area contributed by atoms with Crippen LogP contribution in [0.4, 0.5) is 5.69 Å². The van der Waals surface area contributed by atoms with Crippen LogP contribution in [0.1, 0.15) is 5.56 Å². The Hall–Kier alpha value is -3.88. The number of nitrogens with zero attached hydrogens (tertiary/aromatic N) is 1. The lowest BCUT2D eigenvalue weighted by Crippen LogP contribution is -2.27. The second kappa shape index (κ2) is 8.86. The van der Waals surface area contributed by atoms with Gasteiger partial charge in [-0.2, -0.15) is 0 Å². The zero-order chi connectivity index (χ0) is 22.7. The number of hydrogen-bond acceptors (Lipinski definition) is 8. The Morgan fingerprint density at radius 2 is 1.29 bits per heavy atom. The van der Waals surface area contributed by atoms with Crippen molar-refractivity contribution in [3.8, 4) is 28.7 Å². The van der Waals surface area contributed by atoms with E-state index in [4.69, 9.17) is 23.7 Å². The van der Waals surface area contributed by atoms with Crippen LogP contribution in [-0.4, -0.2) is 59.3 Å². The first-order valence-electron chi connectivity index (χ1n) is 9.26. The smallest absolute Gasteiger partial charge is 0.277 e. The molecule has 0 bridgehead atoms. The van der Waals surface area contributed by atoms with Crippen LogP contribution in [-0.2, 0) is 9.59 Å². The van der Waals surface area contributed by atoms with Gasteiger partial charge in [0.25, 0.3) is 11.8 Å². The highest BCUT2D eigenvalue weighted by molar-refractivity contribution is 6.36. The SMILES string of the molecule is COc1ccc(C2=C(Nc3cc(OC)c(OC)c(OC)c3)C(=O)N(C)C2=O)cc1OC. The Labute approximate surface area is 180 Å². The van der Waals surface area contributed by atoms with Crippen LogP contribution in [0.15, 0.2) is 36.0 Å². The fourth-order valence-electron chi connectivity index (χ4n) is 3.31. The molecule has 0 atom stereocenters. The van der Waals surface area contributed by atoms with Gasteiger partial charge in [0.15, 0.2) is 23.0 Å². The lowest BCUT2D eigenvalue weighted by atomic mass is 10.0. The van der Waals surface area contributed by atoms with Gasteiger partial charge in [-0.25, -0.2) is 0 Å². The summed E-state index contributed by atoms with van der Waals surface area (Å²) in [6.45, 7) is 0. The van der Waals surface area contributed by atoms with E-state index in [2.05, 4.69) is 5.32 Å². The Morgan fingerprint density at radius 1 is 0.710 bits per heavy atom. The molecule has 9 heteroatoms. The van der Waals surface area contributed by atoms with E-state index < -0.39 is 11.8 Å². The number of methoxy groups -OCH3 is 5. The highest BCUT2D eigenvalue weighted by Gasteiger charge is 2.37. The van der Waals surface area contributed by atoms with Crippen molar-refractivity contribution in [2.45, 2.75) is 0 Å². The van der Waals surface area contributed by atoms with Crippen molar-refractivity contribution in [1.82, 2.24) is 4.90 Å². The number of benzene rings is 2. The van der Waals surface area contributed by atoms with Crippen LogP contribution in [0.25, 0.3) is 5.57 Å². The van der Waals surface area contributed by atoms with Gasteiger partial charge in [0, 0.05) is 24.9 Å². The zero-order valence-corrected chi connectivity index (χ0v) is 18.2. The summed E-state index contributed by atoms with van der Waals surface area (Å²) in [5.41, 5.74) is 1.32. The first-order chi connectivity index (χ1) is 14.9. The van der Waals surface area contributed by atoms with Crippen molar-refractivity contribution in [3.63, 3.8) is 0 Å². The van der Waals surface area contributed by atoms with Crippen molar-refractivity contribution in [3.05, 3.63) is 41.6 Å². The molecule has 1 N–H and O–H groups in total. The Kier molecular flexibility index (Phi) is 6.24. The fraction of sp³-hybridized carbons (Fsp3) is 0.273. The predicted octanol–water partition coefficient (Wildman–Crippen LogP) is 2.55. The maximum absolute atomic E-state index is 12.9. The van der Waals surface area contributed by atoms with Crippen LogP contribution in [0.2, 0.25) is 0 Å². The molecule has 2 aromatic carbocycles. The van der Waals surface area contributed by atoms with E-state index in [1.807, 2.05) is 0 Å². The van der Waals surface area contributed by atoms with Crippen LogP contribution >= 0.6 is 0 Å². The largest absolute Gasteiger partial charge is 0.493 e. The number of carbonyl (C=O) groups excluding carboxylic acids is 2. The maximum atomic E-state index is 12.9. The molecule has 0 radical (unpaired) electrons. The van der Waals surface area contributed by atoms with E-state index in [0.29, 0.717) is 40.0 Å². The standard InChI is InChI=1S/C22H24N2O7/c1-24-21(25)18(12-7-8-14(27-2)15(9-12)28-3)19(22(24)26)23-13-10-16(29-4)20(31-6)17(11-13)30-5/h7-11,23H,1-6H3. The van der Waals surface area contributed by atoms with Gasteiger partial charge in [0.05, 0.1) is 41.1 Å². The number of imide groups is 1. The number of carbonyl (C=O) groups is 2. The summed E-state index contributed by atoms with van der Waals surface area (Å²) < 4.78 is 26.7. The molecule has 3 rings (SSSR count). The topological polar surface area (TPSA) is 95.6 Å². The van der Waals surface area contributed by atoms with E-state index in [9.17, 15) is 9.59 Å². The molecule has 0 spiro atoms. The molecule has 1 aliphatic rings. The Balaban J connectivity index is 2.14. The first-order valence-corrected chi connectivity index (χ1v) is 9.26. The minimum absolute atomic E-state index is 0.119. The summed E-state index contributed by atoms with van der Waals surface area (Å²) in [7, 11) is 8.93. The third-order valence-electron chi connectivity index (χ3n) is 4.89. The van der Waals surface area contributed by atoms with Gasteiger partial charge in [-0.3, -0.25) is 14.5 Å². The molecule has 0 saturated heterocycles. The van der Waals surface area contributed by atoms with Gasteiger partial charge >= 0.3 is 0 Å². The quantitative estimate of drug-likeness (QED) is 0.641. The second-order valence-corrected chi connectivity index (χ2v) is 6.53. The van der Waals surface area contributed by atoms with Crippen molar-refractivity contribution in [2.75, 3.05) is 47.9 Å². The predicted molar refractivity (Wildman–Crippen MR) is 114 cm³/mol. The number of likely N-dealkylation sites (N-methyl/N-ethyl adjacent to an activating group) is 1. The Morgan fingerprint density at radius 3 is 1.81 bits per heavy atom. The van der Waals surface area contributed by atoms with Crippen molar-refractivity contribution in [1.29, 1.82) is 0 Å². The van der Waals surface area contributed by atoms with Crippen molar-refractivity contribution in [2.24, 2.45) is 0 Å². The van der Waals surface area contributed by atoms with Crippen LogP contribution in [0.5, 0.6) is 28.7 Å². The number of ether oxygens (including phenoxy) is 5. The van der Waals surface area contributed by atoms with Gasteiger partial charge in [-0.1, -0.05) is 6.07 Å². The van der Waals surface area contributed by atoms with E-state index in [-0.39, 0.29) is 11.3 Å². The van der Waals surface area contributed by atoms with Gasteiger partial charge in [-0.15, -0.1) is 0 Å². The van der Waals surface area contributed by atoms with Gasteiger partial charge in [0.2, 0.25) is 5.75 Å². The van der Waals surface area contributed by atoms with Crippen LogP contribution in [0, 0.1) is 0 Å². The van der Waals surface area contributed by atoms with Crippen LogP contribution < -0.4 is 29.0 Å². The molecule has 0 aliphatic carbocycles. The van der Waals surface area contributed by atoms with Crippen molar-refractivity contribution < 1.29 is 33.3 Å². The van der Waals surface area contributed by atoms with Crippen LogP contribution in [0.3, 0.4) is 0 Å². The number of amides is 2. The van der Waals surface area contributed by atoms with E-state index in [0.717, 1.165) is 4.90 Å². The Bertz CT molecular complexity index is 1040.